The van der Waals surface area contributed by atoms with Gasteiger partial charge in [0.2, 0.25) is 0 Å². The largest absolute Gasteiger partial charge is 0.329 e. The molecule has 0 unspecified atom stereocenters. The van der Waals surface area contributed by atoms with Gasteiger partial charge in [-0.05, 0) is 42.9 Å². The van der Waals surface area contributed by atoms with Crippen molar-refractivity contribution in [3.63, 3.8) is 0 Å². The van der Waals surface area contributed by atoms with E-state index in [9.17, 15) is 8.78 Å². The van der Waals surface area contributed by atoms with Crippen molar-refractivity contribution in [1.82, 2.24) is 14.5 Å². The first-order valence-electron chi connectivity index (χ1n) is 5.69. The molecule has 3 aromatic rings. The summed E-state index contributed by atoms with van der Waals surface area (Å²) in [5.41, 5.74) is 1.72. The van der Waals surface area contributed by atoms with E-state index in [1.54, 1.807) is 6.20 Å². The van der Waals surface area contributed by atoms with E-state index in [4.69, 9.17) is 12.2 Å². The van der Waals surface area contributed by atoms with E-state index in [0.717, 1.165) is 5.56 Å². The summed E-state index contributed by atoms with van der Waals surface area (Å²) in [4.78, 5) is 7.11. The van der Waals surface area contributed by atoms with Crippen molar-refractivity contribution in [2.45, 2.75) is 6.92 Å². The van der Waals surface area contributed by atoms with E-state index in [-0.39, 0.29) is 10.5 Å². The molecule has 2 heterocycles. The van der Waals surface area contributed by atoms with Gasteiger partial charge in [0.05, 0.1) is 5.52 Å². The second-order valence-corrected chi connectivity index (χ2v) is 5.67. The summed E-state index contributed by atoms with van der Waals surface area (Å²) in [5, 5.41) is 0. The number of imidazole rings is 1. The van der Waals surface area contributed by atoms with Crippen molar-refractivity contribution in [1.29, 1.82) is 0 Å². The van der Waals surface area contributed by atoms with Crippen molar-refractivity contribution in [3.05, 3.63) is 50.8 Å². The van der Waals surface area contributed by atoms with E-state index in [0.29, 0.717) is 15.6 Å². The number of H-pyrrole nitrogens is 1. The van der Waals surface area contributed by atoms with Crippen molar-refractivity contribution in [3.8, 4) is 5.69 Å². The summed E-state index contributed by atoms with van der Waals surface area (Å²) in [7, 11) is 0. The molecule has 0 atom stereocenters. The van der Waals surface area contributed by atoms with Crippen LogP contribution in [-0.2, 0) is 0 Å². The maximum atomic E-state index is 14.1. The molecule has 0 fully saturated rings. The molecule has 7 heteroatoms. The molecule has 0 spiro atoms. The third kappa shape index (κ3) is 2.06. The number of rotatable bonds is 1. The SMILES string of the molecule is Cc1cnc2c(c1)[nH]c(=S)n2-c1c(F)cc(Br)cc1F. The number of fused-ring (bicyclic) bond motifs is 1. The molecule has 3 nitrogen and oxygen atoms in total. The highest BCUT2D eigenvalue weighted by atomic mass is 79.9. The van der Waals surface area contributed by atoms with Crippen molar-refractivity contribution >= 4 is 39.3 Å². The lowest BCUT2D eigenvalue weighted by atomic mass is 10.2. The number of benzene rings is 1. The van der Waals surface area contributed by atoms with Crippen LogP contribution in [0.4, 0.5) is 8.78 Å². The predicted octanol–water partition coefficient (Wildman–Crippen LogP) is 4.43. The Labute approximate surface area is 126 Å². The number of nitrogens with one attached hydrogen (secondary N) is 1. The van der Waals surface area contributed by atoms with Crippen LogP contribution in [0.2, 0.25) is 0 Å². The Morgan fingerprint density at radius 3 is 2.55 bits per heavy atom. The smallest absolute Gasteiger partial charge is 0.184 e. The second-order valence-electron chi connectivity index (χ2n) is 4.37. The van der Waals surface area contributed by atoms with Gasteiger partial charge in [0.1, 0.15) is 5.69 Å². The Hall–Kier alpha value is -1.60. The molecule has 0 saturated heterocycles. The summed E-state index contributed by atoms with van der Waals surface area (Å²) in [6.07, 6.45) is 1.62. The van der Waals surface area contributed by atoms with Gasteiger partial charge in [0.15, 0.2) is 22.1 Å². The van der Waals surface area contributed by atoms with Gasteiger partial charge < -0.3 is 4.98 Å². The van der Waals surface area contributed by atoms with Gasteiger partial charge in [-0.2, -0.15) is 0 Å². The topological polar surface area (TPSA) is 33.6 Å². The Morgan fingerprint density at radius 2 is 1.90 bits per heavy atom. The van der Waals surface area contributed by atoms with Crippen LogP contribution < -0.4 is 0 Å². The number of hydrogen-bond acceptors (Lipinski definition) is 2. The summed E-state index contributed by atoms with van der Waals surface area (Å²) < 4.78 is 29.9. The van der Waals surface area contributed by atoms with Crippen molar-refractivity contribution < 1.29 is 8.78 Å². The molecule has 0 amide bonds. The van der Waals surface area contributed by atoms with E-state index < -0.39 is 11.6 Å². The highest BCUT2D eigenvalue weighted by Gasteiger charge is 2.17. The van der Waals surface area contributed by atoms with E-state index in [1.165, 1.54) is 16.7 Å². The van der Waals surface area contributed by atoms with E-state index >= 15 is 0 Å². The lowest BCUT2D eigenvalue weighted by molar-refractivity contribution is 0.568. The molecule has 0 aliphatic carbocycles. The number of pyridine rings is 1. The molecule has 0 aliphatic heterocycles. The second kappa shape index (κ2) is 4.75. The molecule has 102 valence electrons. The molecule has 20 heavy (non-hydrogen) atoms. The molecule has 1 aromatic carbocycles. The number of aryl methyl sites for hydroxylation is 1. The van der Waals surface area contributed by atoms with Gasteiger partial charge >= 0.3 is 0 Å². The standard InChI is InChI=1S/C13H8BrF2N3S/c1-6-2-10-12(17-5-6)19(13(20)18-10)11-8(15)3-7(14)4-9(11)16/h2-5H,1H3,(H,18,20). The van der Waals surface area contributed by atoms with Crippen LogP contribution in [0.1, 0.15) is 5.56 Å². The summed E-state index contributed by atoms with van der Waals surface area (Å²) in [5.74, 6) is -1.42. The highest BCUT2D eigenvalue weighted by molar-refractivity contribution is 9.10. The van der Waals surface area contributed by atoms with Crippen LogP contribution in [0.25, 0.3) is 16.9 Å². The van der Waals surface area contributed by atoms with Gasteiger partial charge in [-0.25, -0.2) is 13.8 Å². The van der Waals surface area contributed by atoms with Gasteiger partial charge in [0, 0.05) is 10.7 Å². The maximum absolute atomic E-state index is 14.1. The van der Waals surface area contributed by atoms with Crippen LogP contribution in [0.5, 0.6) is 0 Å². The quantitative estimate of drug-likeness (QED) is 0.655. The lowest BCUT2D eigenvalue weighted by Crippen LogP contribution is -2.03. The first-order valence-corrected chi connectivity index (χ1v) is 6.90. The number of aromatic amines is 1. The zero-order valence-corrected chi connectivity index (χ0v) is 12.6. The third-order valence-corrected chi connectivity index (χ3v) is 3.61. The monoisotopic (exact) mass is 355 g/mol. The summed E-state index contributed by atoms with van der Waals surface area (Å²) in [6, 6.07) is 4.20. The molecule has 0 saturated carbocycles. The van der Waals surface area contributed by atoms with Crippen molar-refractivity contribution in [2.75, 3.05) is 0 Å². The molecule has 0 aliphatic rings. The van der Waals surface area contributed by atoms with Crippen LogP contribution in [0, 0.1) is 23.3 Å². The van der Waals surface area contributed by atoms with Crippen LogP contribution in [0.15, 0.2) is 28.9 Å². The fraction of sp³-hybridized carbons (Fsp3) is 0.0769. The summed E-state index contributed by atoms with van der Waals surface area (Å²) in [6.45, 7) is 1.88. The Balaban J connectivity index is 2.41. The molecule has 2 aromatic heterocycles. The first kappa shape index (κ1) is 13.4. The molecule has 0 radical (unpaired) electrons. The Kier molecular flexibility index (Phi) is 3.18. The minimum atomic E-state index is -0.712. The van der Waals surface area contributed by atoms with Gasteiger partial charge in [-0.3, -0.25) is 4.57 Å². The van der Waals surface area contributed by atoms with Gasteiger partial charge in [-0.1, -0.05) is 15.9 Å². The summed E-state index contributed by atoms with van der Waals surface area (Å²) >= 11 is 8.20. The number of nitrogens with zero attached hydrogens (tertiary/aromatic N) is 2. The Bertz CT molecular complexity index is 862. The zero-order chi connectivity index (χ0) is 14.4. The fourth-order valence-corrected chi connectivity index (χ4v) is 2.74. The van der Waals surface area contributed by atoms with Crippen molar-refractivity contribution in [2.24, 2.45) is 0 Å². The minimum Gasteiger partial charge on any atom is -0.329 e. The predicted molar refractivity (Wildman–Crippen MR) is 78.6 cm³/mol. The van der Waals surface area contributed by atoms with Crippen LogP contribution >= 0.6 is 28.1 Å². The fourth-order valence-electron chi connectivity index (χ4n) is 2.06. The first-order chi connectivity index (χ1) is 9.47. The van der Waals surface area contributed by atoms with E-state index in [2.05, 4.69) is 25.9 Å². The minimum absolute atomic E-state index is 0.193. The van der Waals surface area contributed by atoms with E-state index in [1.807, 2.05) is 13.0 Å². The molecule has 0 bridgehead atoms. The maximum Gasteiger partial charge on any atom is 0.184 e. The molecular weight excluding hydrogens is 348 g/mol. The number of halogens is 3. The van der Waals surface area contributed by atoms with Gasteiger partial charge in [0.25, 0.3) is 0 Å². The van der Waals surface area contributed by atoms with Crippen LogP contribution in [0.3, 0.4) is 0 Å². The average Bonchev–Trinajstić information content (AvgIpc) is 2.64. The molecule has 1 N–H and O–H groups in total. The molecular formula is C13H8BrF2N3S. The zero-order valence-electron chi connectivity index (χ0n) is 10.2. The lowest BCUT2D eigenvalue weighted by Gasteiger charge is -2.07. The van der Waals surface area contributed by atoms with Gasteiger partial charge in [-0.15, -0.1) is 0 Å². The highest BCUT2D eigenvalue weighted by Crippen LogP contribution is 2.26. The van der Waals surface area contributed by atoms with Crippen LogP contribution in [-0.4, -0.2) is 14.5 Å². The Morgan fingerprint density at radius 1 is 1.25 bits per heavy atom. The normalized spacial score (nSPS) is 11.2. The average molecular weight is 356 g/mol. The third-order valence-electron chi connectivity index (χ3n) is 2.87. The molecule has 3 rings (SSSR count). The number of aromatic nitrogens is 3. The number of hydrogen-bond donors (Lipinski definition) is 1.